The maximum absolute atomic E-state index is 5.89. The summed E-state index contributed by atoms with van der Waals surface area (Å²) in [5.74, 6) is 1.53. The molecule has 0 radical (unpaired) electrons. The smallest absolute Gasteiger partial charge is 0.128 e. The fourth-order valence-electron chi connectivity index (χ4n) is 1.63. The van der Waals surface area contributed by atoms with Crippen LogP contribution >= 0.6 is 11.6 Å². The van der Waals surface area contributed by atoms with Gasteiger partial charge in [0.05, 0.1) is 0 Å². The van der Waals surface area contributed by atoms with Crippen LogP contribution in [0.4, 0.5) is 0 Å². The van der Waals surface area contributed by atoms with Gasteiger partial charge in [0.1, 0.15) is 11.5 Å². The van der Waals surface area contributed by atoms with Crippen molar-refractivity contribution in [1.82, 2.24) is 0 Å². The molecule has 0 aliphatic rings. The van der Waals surface area contributed by atoms with E-state index in [1.807, 2.05) is 43.3 Å². The van der Waals surface area contributed by atoms with Crippen LogP contribution in [0.15, 0.2) is 42.5 Å². The second-order valence-electron chi connectivity index (χ2n) is 3.85. The van der Waals surface area contributed by atoms with Gasteiger partial charge in [-0.05, 0) is 48.4 Å². The molecule has 3 heteroatoms. The average molecular weight is 248 g/mol. The lowest BCUT2D eigenvalue weighted by Crippen LogP contribution is -1.98. The van der Waals surface area contributed by atoms with Crippen molar-refractivity contribution in [3.63, 3.8) is 0 Å². The van der Waals surface area contributed by atoms with Gasteiger partial charge in [-0.3, -0.25) is 0 Å². The molecule has 0 saturated heterocycles. The third-order valence-electron chi connectivity index (χ3n) is 2.57. The Kier molecular flexibility index (Phi) is 3.67. The third kappa shape index (κ3) is 2.99. The summed E-state index contributed by atoms with van der Waals surface area (Å²) in [5, 5.41) is 0.665. The lowest BCUT2D eigenvalue weighted by Gasteiger charge is -2.09. The van der Waals surface area contributed by atoms with Crippen molar-refractivity contribution in [3.8, 4) is 11.5 Å². The lowest BCUT2D eigenvalue weighted by atomic mass is 10.1. The van der Waals surface area contributed by atoms with Gasteiger partial charge in [-0.15, -0.1) is 0 Å². The molecule has 0 heterocycles. The molecule has 0 unspecified atom stereocenters. The van der Waals surface area contributed by atoms with E-state index in [2.05, 4.69) is 0 Å². The third-order valence-corrected chi connectivity index (χ3v) is 2.80. The molecule has 0 aliphatic heterocycles. The van der Waals surface area contributed by atoms with E-state index in [0.717, 1.165) is 22.6 Å². The van der Waals surface area contributed by atoms with Crippen LogP contribution in [0.5, 0.6) is 11.5 Å². The fraction of sp³-hybridized carbons (Fsp3) is 0.143. The Morgan fingerprint density at radius 2 is 1.88 bits per heavy atom. The largest absolute Gasteiger partial charge is 0.457 e. The zero-order valence-electron chi connectivity index (χ0n) is 9.61. The quantitative estimate of drug-likeness (QED) is 0.893. The van der Waals surface area contributed by atoms with Gasteiger partial charge in [0.15, 0.2) is 0 Å². The van der Waals surface area contributed by atoms with Crippen LogP contribution in [0, 0.1) is 6.92 Å². The summed E-state index contributed by atoms with van der Waals surface area (Å²) in [6, 6.07) is 13.2. The molecule has 0 atom stereocenters. The molecular formula is C14H14ClNO. The number of aryl methyl sites for hydroxylation is 1. The number of hydrogen-bond donors (Lipinski definition) is 1. The van der Waals surface area contributed by atoms with E-state index in [0.29, 0.717) is 11.6 Å². The predicted octanol–water partition coefficient (Wildman–Crippen LogP) is 3.90. The van der Waals surface area contributed by atoms with Gasteiger partial charge in [0, 0.05) is 11.6 Å². The summed E-state index contributed by atoms with van der Waals surface area (Å²) < 4.78 is 5.71. The first kappa shape index (κ1) is 12.0. The van der Waals surface area contributed by atoms with Crippen molar-refractivity contribution in [2.24, 2.45) is 5.73 Å². The van der Waals surface area contributed by atoms with Gasteiger partial charge >= 0.3 is 0 Å². The van der Waals surface area contributed by atoms with Crippen molar-refractivity contribution in [2.45, 2.75) is 13.5 Å². The molecule has 0 bridgehead atoms. The second kappa shape index (κ2) is 5.21. The van der Waals surface area contributed by atoms with E-state index in [1.54, 1.807) is 6.07 Å². The highest BCUT2D eigenvalue weighted by molar-refractivity contribution is 6.30. The molecule has 0 amide bonds. The number of ether oxygens (including phenoxy) is 1. The van der Waals surface area contributed by atoms with Crippen molar-refractivity contribution >= 4 is 11.6 Å². The number of nitrogens with two attached hydrogens (primary N) is 1. The summed E-state index contributed by atoms with van der Waals surface area (Å²) >= 11 is 5.89. The molecule has 0 aliphatic carbocycles. The second-order valence-corrected chi connectivity index (χ2v) is 4.29. The predicted molar refractivity (Wildman–Crippen MR) is 70.6 cm³/mol. The molecule has 17 heavy (non-hydrogen) atoms. The number of halogens is 1. The first-order chi connectivity index (χ1) is 8.19. The van der Waals surface area contributed by atoms with Gasteiger partial charge in [-0.1, -0.05) is 23.7 Å². The van der Waals surface area contributed by atoms with E-state index in [4.69, 9.17) is 22.1 Å². The Morgan fingerprint density at radius 3 is 2.53 bits per heavy atom. The highest BCUT2D eigenvalue weighted by Crippen LogP contribution is 2.25. The summed E-state index contributed by atoms with van der Waals surface area (Å²) in [6.45, 7) is 2.57. The van der Waals surface area contributed by atoms with E-state index in [1.165, 1.54) is 0 Å². The summed E-state index contributed by atoms with van der Waals surface area (Å²) in [4.78, 5) is 0. The molecular weight excluding hydrogens is 234 g/mol. The minimum absolute atomic E-state index is 0.545. The first-order valence-corrected chi connectivity index (χ1v) is 5.80. The van der Waals surface area contributed by atoms with Crippen LogP contribution in [0.3, 0.4) is 0 Å². The zero-order valence-corrected chi connectivity index (χ0v) is 10.4. The van der Waals surface area contributed by atoms with Gasteiger partial charge < -0.3 is 10.5 Å². The Hall–Kier alpha value is -1.51. The Bertz CT molecular complexity index is 525. The zero-order chi connectivity index (χ0) is 12.3. The minimum atomic E-state index is 0.545. The molecule has 2 N–H and O–H groups in total. The fourth-order valence-corrected chi connectivity index (χ4v) is 1.81. The van der Waals surface area contributed by atoms with Gasteiger partial charge in [0.25, 0.3) is 0 Å². The van der Waals surface area contributed by atoms with Gasteiger partial charge in [0.2, 0.25) is 0 Å². The van der Waals surface area contributed by atoms with Crippen LogP contribution in [-0.2, 0) is 6.54 Å². The molecule has 2 aromatic rings. The SMILES string of the molecule is Cc1cc(Oc2cccc(Cl)c2)ccc1CN. The topological polar surface area (TPSA) is 35.2 Å². The average Bonchev–Trinajstić information content (AvgIpc) is 2.29. The van der Waals surface area contributed by atoms with Crippen LogP contribution in [0.1, 0.15) is 11.1 Å². The Labute approximate surface area is 106 Å². The van der Waals surface area contributed by atoms with Crippen molar-refractivity contribution in [2.75, 3.05) is 0 Å². The van der Waals surface area contributed by atoms with Crippen LogP contribution in [0.25, 0.3) is 0 Å². The van der Waals surface area contributed by atoms with E-state index < -0.39 is 0 Å². The molecule has 0 spiro atoms. The van der Waals surface area contributed by atoms with Crippen LogP contribution < -0.4 is 10.5 Å². The summed E-state index contributed by atoms with van der Waals surface area (Å²) in [5.41, 5.74) is 7.87. The van der Waals surface area contributed by atoms with Crippen molar-refractivity contribution < 1.29 is 4.74 Å². The van der Waals surface area contributed by atoms with Crippen LogP contribution in [-0.4, -0.2) is 0 Å². The number of benzene rings is 2. The first-order valence-electron chi connectivity index (χ1n) is 5.42. The van der Waals surface area contributed by atoms with E-state index in [-0.39, 0.29) is 0 Å². The molecule has 0 aromatic heterocycles. The van der Waals surface area contributed by atoms with E-state index in [9.17, 15) is 0 Å². The monoisotopic (exact) mass is 247 g/mol. The maximum atomic E-state index is 5.89. The van der Waals surface area contributed by atoms with Gasteiger partial charge in [-0.2, -0.15) is 0 Å². The standard InChI is InChI=1S/C14H14ClNO/c1-10-7-14(6-5-11(10)9-16)17-13-4-2-3-12(15)8-13/h2-8H,9,16H2,1H3. The summed E-state index contributed by atoms with van der Waals surface area (Å²) in [7, 11) is 0. The normalized spacial score (nSPS) is 10.3. The number of hydrogen-bond acceptors (Lipinski definition) is 2. The Morgan fingerprint density at radius 1 is 1.12 bits per heavy atom. The Balaban J connectivity index is 2.22. The van der Waals surface area contributed by atoms with Crippen molar-refractivity contribution in [3.05, 3.63) is 58.6 Å². The number of rotatable bonds is 3. The van der Waals surface area contributed by atoms with Gasteiger partial charge in [-0.25, -0.2) is 0 Å². The molecule has 2 rings (SSSR count). The highest BCUT2D eigenvalue weighted by atomic mass is 35.5. The molecule has 88 valence electrons. The van der Waals surface area contributed by atoms with Crippen molar-refractivity contribution in [1.29, 1.82) is 0 Å². The highest BCUT2D eigenvalue weighted by Gasteiger charge is 2.01. The molecule has 2 nitrogen and oxygen atoms in total. The van der Waals surface area contributed by atoms with E-state index >= 15 is 0 Å². The van der Waals surface area contributed by atoms with Crippen LogP contribution in [0.2, 0.25) is 5.02 Å². The lowest BCUT2D eigenvalue weighted by molar-refractivity contribution is 0.482. The minimum Gasteiger partial charge on any atom is -0.457 e. The molecule has 0 saturated carbocycles. The molecule has 0 fully saturated rings. The maximum Gasteiger partial charge on any atom is 0.128 e. The molecule has 2 aromatic carbocycles. The summed E-state index contributed by atoms with van der Waals surface area (Å²) in [6.07, 6.45) is 0.